The first-order chi connectivity index (χ1) is 30.0. The van der Waals surface area contributed by atoms with E-state index in [-0.39, 0.29) is 24.9 Å². The van der Waals surface area contributed by atoms with E-state index in [9.17, 15) is 19.8 Å². The van der Waals surface area contributed by atoms with E-state index in [1.54, 1.807) is 0 Å². The van der Waals surface area contributed by atoms with E-state index in [0.29, 0.717) is 19.3 Å². The van der Waals surface area contributed by atoms with Gasteiger partial charge in [-0.05, 0) is 64.2 Å². The molecule has 0 bridgehead atoms. The summed E-state index contributed by atoms with van der Waals surface area (Å²) in [6, 6.07) is -0.724. The van der Waals surface area contributed by atoms with Crippen molar-refractivity contribution in [2.75, 3.05) is 6.61 Å². The molecule has 3 atom stereocenters. The summed E-state index contributed by atoms with van der Waals surface area (Å²) >= 11 is 0. The Kier molecular flexibility index (Phi) is 46.6. The molecule has 1 amide bonds. The molecule has 0 radical (unpaired) electrons. The number of carbonyl (C=O) groups is 2. The lowest BCUT2D eigenvalue weighted by molar-refractivity contribution is -0.151. The number of allylic oxidation sites excluding steroid dienone is 10. The smallest absolute Gasteiger partial charge is 0.306 e. The molecule has 3 N–H and O–H groups in total. The molecule has 3 unspecified atom stereocenters. The number of ether oxygens (including phenoxy) is 1. The molecular formula is C55H99NO5. The van der Waals surface area contributed by atoms with Gasteiger partial charge < -0.3 is 20.3 Å². The van der Waals surface area contributed by atoms with E-state index in [4.69, 9.17) is 4.74 Å². The van der Waals surface area contributed by atoms with Crippen LogP contribution in [0.5, 0.6) is 0 Å². The third-order valence-electron chi connectivity index (χ3n) is 11.7. The molecule has 0 heterocycles. The lowest BCUT2D eigenvalue weighted by Crippen LogP contribution is -2.46. The fourth-order valence-electron chi connectivity index (χ4n) is 7.74. The fourth-order valence-corrected chi connectivity index (χ4v) is 7.74. The van der Waals surface area contributed by atoms with Crippen molar-refractivity contribution >= 4 is 11.9 Å². The van der Waals surface area contributed by atoms with Crippen LogP contribution in [0.4, 0.5) is 0 Å². The number of carbonyl (C=O) groups excluding carboxylic acids is 2. The molecule has 354 valence electrons. The number of aliphatic hydroxyl groups is 2. The highest BCUT2D eigenvalue weighted by Gasteiger charge is 2.24. The fraction of sp³-hybridized carbons (Fsp3) is 0.782. The van der Waals surface area contributed by atoms with E-state index in [1.165, 1.54) is 148 Å². The van der Waals surface area contributed by atoms with Gasteiger partial charge in [-0.1, -0.05) is 236 Å². The van der Waals surface area contributed by atoms with Crippen LogP contribution in [0.3, 0.4) is 0 Å². The summed E-state index contributed by atoms with van der Waals surface area (Å²) in [5.41, 5.74) is 0. The summed E-state index contributed by atoms with van der Waals surface area (Å²) in [5.74, 6) is -0.545. The molecule has 0 saturated carbocycles. The summed E-state index contributed by atoms with van der Waals surface area (Å²) < 4.78 is 5.89. The Balaban J connectivity index is 4.56. The maximum Gasteiger partial charge on any atom is 0.306 e. The van der Waals surface area contributed by atoms with Crippen LogP contribution in [0, 0.1) is 0 Å². The van der Waals surface area contributed by atoms with Gasteiger partial charge in [0, 0.05) is 6.42 Å². The summed E-state index contributed by atoms with van der Waals surface area (Å²) in [6.07, 6.45) is 60.1. The minimum atomic E-state index is -0.806. The third kappa shape index (κ3) is 44.0. The minimum Gasteiger partial charge on any atom is -0.462 e. The summed E-state index contributed by atoms with van der Waals surface area (Å²) in [4.78, 5) is 26.1. The Morgan fingerprint density at radius 1 is 0.492 bits per heavy atom. The van der Waals surface area contributed by atoms with Gasteiger partial charge in [0.05, 0.1) is 25.2 Å². The summed E-state index contributed by atoms with van der Waals surface area (Å²) in [5, 5.41) is 23.8. The third-order valence-corrected chi connectivity index (χ3v) is 11.7. The molecular weight excluding hydrogens is 755 g/mol. The van der Waals surface area contributed by atoms with Gasteiger partial charge in [0.25, 0.3) is 0 Å². The van der Waals surface area contributed by atoms with E-state index >= 15 is 0 Å². The van der Waals surface area contributed by atoms with E-state index in [0.717, 1.165) is 57.8 Å². The highest BCUT2D eigenvalue weighted by molar-refractivity contribution is 5.77. The molecule has 0 saturated heterocycles. The molecule has 0 aliphatic rings. The Morgan fingerprint density at radius 3 is 1.43 bits per heavy atom. The van der Waals surface area contributed by atoms with Crippen LogP contribution in [-0.2, 0) is 14.3 Å². The first-order valence-electron chi connectivity index (χ1n) is 26.1. The summed E-state index contributed by atoms with van der Waals surface area (Å²) in [7, 11) is 0. The Bertz CT molecular complexity index is 1090. The zero-order valence-electron chi connectivity index (χ0n) is 40.3. The van der Waals surface area contributed by atoms with Crippen LogP contribution < -0.4 is 5.32 Å². The van der Waals surface area contributed by atoms with Crippen molar-refractivity contribution in [3.8, 4) is 0 Å². The highest BCUT2D eigenvalue weighted by Crippen LogP contribution is 2.17. The van der Waals surface area contributed by atoms with Crippen LogP contribution in [0.15, 0.2) is 60.8 Å². The number of unbranched alkanes of at least 4 members (excludes halogenated alkanes) is 27. The molecule has 0 aromatic heterocycles. The zero-order valence-corrected chi connectivity index (χ0v) is 40.3. The molecule has 0 aliphatic carbocycles. The number of amides is 1. The summed E-state index contributed by atoms with van der Waals surface area (Å²) in [6.45, 7) is 6.32. The second-order valence-electron chi connectivity index (χ2n) is 17.6. The maximum absolute atomic E-state index is 13.2. The minimum absolute atomic E-state index is 0.0295. The largest absolute Gasteiger partial charge is 0.462 e. The van der Waals surface area contributed by atoms with Crippen molar-refractivity contribution in [1.82, 2.24) is 5.32 Å². The first-order valence-corrected chi connectivity index (χ1v) is 26.1. The standard InChI is InChI=1S/C55H99NO5/c1-4-7-10-13-16-19-22-24-26-28-29-32-35-38-41-44-47-53(58)52(50-57)56-54(59)49-51(46-43-40-37-34-31-21-18-15-12-9-6-3)61-55(60)48-45-42-39-36-33-30-27-25-23-20-17-14-11-8-5-2/h9,12,15,18,20-21,23,31,34,37,51-53,57-58H,4-8,10-11,13-14,16-17,19,22,24-30,32-33,35-36,38-50H2,1-3H3,(H,56,59)/b12-9+,18-15+,23-20-,31-21-,37-34-. The van der Waals surface area contributed by atoms with Crippen molar-refractivity contribution in [3.63, 3.8) is 0 Å². The lowest BCUT2D eigenvalue weighted by atomic mass is 10.0. The monoisotopic (exact) mass is 854 g/mol. The molecule has 6 nitrogen and oxygen atoms in total. The number of rotatable bonds is 46. The van der Waals surface area contributed by atoms with Gasteiger partial charge in [0.2, 0.25) is 5.91 Å². The average Bonchev–Trinajstić information content (AvgIpc) is 3.25. The van der Waals surface area contributed by atoms with Gasteiger partial charge >= 0.3 is 5.97 Å². The lowest BCUT2D eigenvalue weighted by Gasteiger charge is -2.24. The van der Waals surface area contributed by atoms with Crippen LogP contribution in [0.2, 0.25) is 0 Å². The second kappa shape index (κ2) is 48.6. The first kappa shape index (κ1) is 58.6. The maximum atomic E-state index is 13.2. The number of hydrogen-bond donors (Lipinski definition) is 3. The van der Waals surface area contributed by atoms with Gasteiger partial charge in [-0.3, -0.25) is 9.59 Å². The molecule has 0 rings (SSSR count). The molecule has 61 heavy (non-hydrogen) atoms. The van der Waals surface area contributed by atoms with Gasteiger partial charge in [-0.15, -0.1) is 0 Å². The Hall–Kier alpha value is -2.44. The van der Waals surface area contributed by atoms with Crippen LogP contribution in [0.1, 0.15) is 252 Å². The van der Waals surface area contributed by atoms with Crippen molar-refractivity contribution in [1.29, 1.82) is 0 Å². The predicted octanol–water partition coefficient (Wildman–Crippen LogP) is 15.6. The van der Waals surface area contributed by atoms with E-state index in [1.807, 2.05) is 36.5 Å². The molecule has 6 heteroatoms. The van der Waals surface area contributed by atoms with E-state index in [2.05, 4.69) is 50.4 Å². The highest BCUT2D eigenvalue weighted by atomic mass is 16.5. The topological polar surface area (TPSA) is 95.9 Å². The SMILES string of the molecule is CC/C=C/C=C/C=C\C=C/CCCC(CC(=O)NC(CO)C(O)CCCCCCCCCCCCCCCCCC)OC(=O)CCCCCCCCC/C=C\CCCCCC. The number of hydrogen-bond acceptors (Lipinski definition) is 5. The molecule has 0 aromatic rings. The Labute approximate surface area is 378 Å². The zero-order chi connectivity index (χ0) is 44.5. The van der Waals surface area contributed by atoms with Gasteiger partial charge in [0.15, 0.2) is 0 Å². The van der Waals surface area contributed by atoms with Gasteiger partial charge in [0.1, 0.15) is 6.10 Å². The van der Waals surface area contributed by atoms with Crippen molar-refractivity contribution < 1.29 is 24.5 Å². The van der Waals surface area contributed by atoms with E-state index < -0.39 is 18.2 Å². The quantitative estimate of drug-likeness (QED) is 0.0245. The van der Waals surface area contributed by atoms with Crippen LogP contribution in [-0.4, -0.2) is 46.9 Å². The number of nitrogens with one attached hydrogen (secondary N) is 1. The average molecular weight is 854 g/mol. The normalized spacial score (nSPS) is 13.7. The van der Waals surface area contributed by atoms with Crippen LogP contribution >= 0.6 is 0 Å². The Morgan fingerprint density at radius 2 is 0.918 bits per heavy atom. The van der Waals surface area contributed by atoms with Gasteiger partial charge in [-0.25, -0.2) is 0 Å². The van der Waals surface area contributed by atoms with Crippen LogP contribution in [0.25, 0.3) is 0 Å². The van der Waals surface area contributed by atoms with Crippen molar-refractivity contribution in [2.45, 2.75) is 270 Å². The second-order valence-corrected chi connectivity index (χ2v) is 17.6. The molecule has 0 spiro atoms. The molecule has 0 aromatic carbocycles. The number of esters is 1. The van der Waals surface area contributed by atoms with Crippen molar-refractivity contribution in [2.24, 2.45) is 0 Å². The van der Waals surface area contributed by atoms with Gasteiger partial charge in [-0.2, -0.15) is 0 Å². The predicted molar refractivity (Wildman–Crippen MR) is 264 cm³/mol. The van der Waals surface area contributed by atoms with Crippen molar-refractivity contribution in [3.05, 3.63) is 60.8 Å². The molecule has 0 fully saturated rings. The number of aliphatic hydroxyl groups excluding tert-OH is 2. The molecule has 0 aliphatic heterocycles.